The number of ether oxygens (including phenoxy) is 2. The lowest BCUT2D eigenvalue weighted by molar-refractivity contribution is -0.165. The topological polar surface area (TPSA) is 54.0 Å². The number of fused-ring (bicyclic) bond motifs is 1. The van der Waals surface area contributed by atoms with Crippen molar-refractivity contribution in [2.45, 2.75) is 188 Å². The molecule has 0 spiro atoms. The number of allylic oxidation sites excluding steroid dienone is 4. The molecule has 0 aliphatic heterocycles. The van der Waals surface area contributed by atoms with E-state index in [1.165, 1.54) is 16.7 Å². The summed E-state index contributed by atoms with van der Waals surface area (Å²) in [6.07, 6.45) is 14.9. The first-order chi connectivity index (χ1) is 21.9. The van der Waals surface area contributed by atoms with Crippen molar-refractivity contribution in [2.75, 3.05) is 6.61 Å². The fourth-order valence-electron chi connectivity index (χ4n) is 7.23. The van der Waals surface area contributed by atoms with Crippen LogP contribution < -0.4 is 0 Å². The quantitative estimate of drug-likeness (QED) is 0.115. The van der Waals surface area contributed by atoms with Crippen LogP contribution >= 0.6 is 0 Å². The molecule has 0 bridgehead atoms. The van der Waals surface area contributed by atoms with Crippen LogP contribution in [-0.2, 0) is 23.1 Å². The Morgan fingerprint density at radius 2 is 1.58 bits per heavy atom. The molecule has 0 heterocycles. The zero-order chi connectivity index (χ0) is 36.5. The van der Waals surface area contributed by atoms with Gasteiger partial charge in [0.15, 0.2) is 16.6 Å². The number of carbonyl (C=O) groups excluding carboxylic acids is 1. The summed E-state index contributed by atoms with van der Waals surface area (Å²) in [6.45, 7) is 38.6. The first kappa shape index (κ1) is 41.2. The van der Waals surface area contributed by atoms with Crippen LogP contribution in [0.3, 0.4) is 0 Å². The molecule has 5 atom stereocenters. The van der Waals surface area contributed by atoms with Gasteiger partial charge < -0.3 is 18.3 Å². The molecule has 0 unspecified atom stereocenters. The Kier molecular flexibility index (Phi) is 13.0. The molecule has 2 fully saturated rings. The molecule has 48 heavy (non-hydrogen) atoms. The van der Waals surface area contributed by atoms with E-state index in [9.17, 15) is 4.79 Å². The van der Waals surface area contributed by atoms with Crippen molar-refractivity contribution in [3.63, 3.8) is 0 Å². The summed E-state index contributed by atoms with van der Waals surface area (Å²) in [5.74, 6) is 0.165. The molecule has 7 heteroatoms. The highest BCUT2D eigenvalue weighted by Gasteiger charge is 2.47. The zero-order valence-corrected chi connectivity index (χ0v) is 35.7. The second-order valence-corrected chi connectivity index (χ2v) is 28.1. The maximum absolute atomic E-state index is 12.7. The van der Waals surface area contributed by atoms with E-state index in [2.05, 4.69) is 120 Å². The van der Waals surface area contributed by atoms with E-state index < -0.39 is 22.2 Å². The monoisotopic (exact) mass is 700 g/mol. The lowest BCUT2D eigenvalue weighted by atomic mass is 9.63. The highest BCUT2D eigenvalue weighted by atomic mass is 28.4. The molecule has 0 saturated heterocycles. The largest absolute Gasteiger partial charge is 0.458 e. The summed E-state index contributed by atoms with van der Waals surface area (Å²) in [5.41, 5.74) is 4.85. The third-order valence-electron chi connectivity index (χ3n) is 13.1. The third kappa shape index (κ3) is 9.34. The molecule has 3 aliphatic rings. The van der Waals surface area contributed by atoms with Gasteiger partial charge in [-0.1, -0.05) is 92.7 Å². The molecule has 0 aromatic carbocycles. The molecule has 0 N–H and O–H groups in total. The molecule has 2 saturated carbocycles. The van der Waals surface area contributed by atoms with Gasteiger partial charge in [0, 0.05) is 6.42 Å². The highest BCUT2D eigenvalue weighted by Crippen LogP contribution is 2.56. The lowest BCUT2D eigenvalue weighted by Gasteiger charge is -2.45. The fourth-order valence-corrected chi connectivity index (χ4v) is 9.90. The van der Waals surface area contributed by atoms with Gasteiger partial charge in [-0.2, -0.15) is 0 Å². The third-order valence-corrected chi connectivity index (χ3v) is 22.1. The molecule has 3 rings (SSSR count). The molecule has 3 aliphatic carbocycles. The number of hydrogen-bond acceptors (Lipinski definition) is 5. The van der Waals surface area contributed by atoms with Crippen LogP contribution in [0.5, 0.6) is 0 Å². The van der Waals surface area contributed by atoms with Crippen LogP contribution in [0.15, 0.2) is 47.1 Å². The second kappa shape index (κ2) is 15.2. The lowest BCUT2D eigenvalue weighted by Crippen LogP contribution is -2.49. The average molecular weight is 701 g/mol. The standard InChI is InChI=1S/C41H72O5Si2/c1-17-40(11,18-2)44-37(42)28-43-30(4)34-23-24-35-31(20-19-25-41(34,35)12)21-22-32-26-33(45-47(13,14)38(5,6)7)27-36(29(32)3)46-48(15,16)39(8,9)10/h21-23,30,33,35-36H,3,17-20,24-28H2,1-2,4-16H3/t30-,33-,35+,36+,41-/m1/s1. The van der Waals surface area contributed by atoms with E-state index in [0.717, 1.165) is 56.9 Å². The van der Waals surface area contributed by atoms with Crippen LogP contribution in [0, 0.1) is 11.3 Å². The summed E-state index contributed by atoms with van der Waals surface area (Å²) in [5, 5.41) is 0.272. The maximum Gasteiger partial charge on any atom is 0.332 e. The summed E-state index contributed by atoms with van der Waals surface area (Å²) < 4.78 is 26.1. The van der Waals surface area contributed by atoms with Crippen molar-refractivity contribution in [1.82, 2.24) is 0 Å². The molecule has 274 valence electrons. The van der Waals surface area contributed by atoms with Crippen LogP contribution in [0.25, 0.3) is 0 Å². The molecule has 0 aromatic rings. The SMILES string of the molecule is C=C1C(=CC=C2CCC[C@]3(C)C([C@@H](C)OCC(=O)OC(C)(CC)CC)=CC[C@@H]23)C[C@@H](O[Si](C)(C)C(C)(C)C)C[C@@H]1O[Si](C)(C)C(C)(C)C. The molecule has 0 aromatic heterocycles. The van der Waals surface area contributed by atoms with Gasteiger partial charge >= 0.3 is 5.97 Å². The van der Waals surface area contributed by atoms with Gasteiger partial charge in [0.05, 0.1) is 18.3 Å². The van der Waals surface area contributed by atoms with Gasteiger partial charge in [-0.15, -0.1) is 0 Å². The van der Waals surface area contributed by atoms with Crippen molar-refractivity contribution < 1.29 is 23.1 Å². The predicted octanol–water partition coefficient (Wildman–Crippen LogP) is 11.6. The smallest absolute Gasteiger partial charge is 0.332 e. The summed E-state index contributed by atoms with van der Waals surface area (Å²) >= 11 is 0. The summed E-state index contributed by atoms with van der Waals surface area (Å²) in [6, 6.07) is 0. The Labute approximate surface area is 297 Å². The Bertz CT molecular complexity index is 1260. The highest BCUT2D eigenvalue weighted by molar-refractivity contribution is 6.74. The summed E-state index contributed by atoms with van der Waals surface area (Å²) in [4.78, 5) is 12.7. The average Bonchev–Trinajstić information content (AvgIpc) is 3.32. The van der Waals surface area contributed by atoms with Crippen LogP contribution in [0.1, 0.15) is 128 Å². The van der Waals surface area contributed by atoms with Crippen molar-refractivity contribution in [1.29, 1.82) is 0 Å². The number of rotatable bonds is 12. The van der Waals surface area contributed by atoms with Crippen molar-refractivity contribution in [2.24, 2.45) is 11.3 Å². The Balaban J connectivity index is 1.83. The van der Waals surface area contributed by atoms with Crippen molar-refractivity contribution >= 4 is 22.6 Å². The summed E-state index contributed by atoms with van der Waals surface area (Å²) in [7, 11) is -3.98. The molecular weight excluding hydrogens is 629 g/mol. The number of esters is 1. The van der Waals surface area contributed by atoms with E-state index >= 15 is 0 Å². The van der Waals surface area contributed by atoms with Crippen molar-refractivity contribution in [3.8, 4) is 0 Å². The molecule has 0 radical (unpaired) electrons. The molecule has 5 nitrogen and oxygen atoms in total. The second-order valence-electron chi connectivity index (χ2n) is 18.6. The van der Waals surface area contributed by atoms with E-state index in [1.807, 2.05) is 6.92 Å². The fraction of sp³-hybridized carbons (Fsp3) is 0.780. The van der Waals surface area contributed by atoms with Gasteiger partial charge in [-0.25, -0.2) is 4.79 Å². The predicted molar refractivity (Wildman–Crippen MR) is 207 cm³/mol. The minimum Gasteiger partial charge on any atom is -0.458 e. The Morgan fingerprint density at radius 1 is 1.00 bits per heavy atom. The minimum absolute atomic E-state index is 0.0119. The number of hydrogen-bond donors (Lipinski definition) is 0. The normalized spacial score (nSPS) is 28.4. The first-order valence-electron chi connectivity index (χ1n) is 18.9. The zero-order valence-electron chi connectivity index (χ0n) is 33.7. The van der Waals surface area contributed by atoms with Crippen LogP contribution in [-0.4, -0.2) is 53.1 Å². The van der Waals surface area contributed by atoms with Gasteiger partial charge in [0.2, 0.25) is 0 Å². The van der Waals surface area contributed by atoms with Gasteiger partial charge in [-0.3, -0.25) is 0 Å². The van der Waals surface area contributed by atoms with Gasteiger partial charge in [0.1, 0.15) is 12.2 Å². The van der Waals surface area contributed by atoms with E-state index in [0.29, 0.717) is 5.92 Å². The van der Waals surface area contributed by atoms with Crippen LogP contribution in [0.2, 0.25) is 36.3 Å². The van der Waals surface area contributed by atoms with Gasteiger partial charge in [-0.05, 0) is 123 Å². The van der Waals surface area contributed by atoms with Gasteiger partial charge in [0.25, 0.3) is 0 Å². The molecule has 0 amide bonds. The first-order valence-corrected chi connectivity index (χ1v) is 24.7. The van der Waals surface area contributed by atoms with Crippen molar-refractivity contribution in [3.05, 3.63) is 47.1 Å². The maximum atomic E-state index is 12.7. The van der Waals surface area contributed by atoms with Crippen LogP contribution in [0.4, 0.5) is 0 Å². The Morgan fingerprint density at radius 3 is 2.15 bits per heavy atom. The molecular formula is C41H72O5Si2. The Hall–Kier alpha value is -1.26. The van der Waals surface area contributed by atoms with E-state index in [1.54, 1.807) is 0 Å². The van der Waals surface area contributed by atoms with E-state index in [-0.39, 0.29) is 46.4 Å². The number of carbonyl (C=O) groups is 1. The van der Waals surface area contributed by atoms with E-state index in [4.69, 9.17) is 18.3 Å². The minimum atomic E-state index is -2.02.